The van der Waals surface area contributed by atoms with Crippen LogP contribution in [0.3, 0.4) is 0 Å². The van der Waals surface area contributed by atoms with Gasteiger partial charge in [-0.15, -0.1) is 0 Å². The molecule has 1 amide bonds. The lowest BCUT2D eigenvalue weighted by atomic mass is 10.1. The lowest BCUT2D eigenvalue weighted by Gasteiger charge is -2.09. The smallest absolute Gasteiger partial charge is 0.271 e. The van der Waals surface area contributed by atoms with Crippen LogP contribution in [0.25, 0.3) is 5.69 Å². The Hall–Kier alpha value is -1.95. The molecule has 1 heterocycles. The van der Waals surface area contributed by atoms with Gasteiger partial charge in [-0.1, -0.05) is 6.07 Å². The highest BCUT2D eigenvalue weighted by molar-refractivity contribution is 7.84. The van der Waals surface area contributed by atoms with Crippen molar-refractivity contribution in [2.24, 2.45) is 0 Å². The van der Waals surface area contributed by atoms with Crippen LogP contribution in [-0.4, -0.2) is 37.9 Å². The van der Waals surface area contributed by atoms with Crippen molar-refractivity contribution in [1.82, 2.24) is 15.1 Å². The van der Waals surface area contributed by atoms with Gasteiger partial charge in [0.1, 0.15) is 0 Å². The quantitative estimate of drug-likeness (QED) is 0.913. The molecule has 1 aromatic carbocycles. The molecular weight excluding hydrogens is 310 g/mol. The molecule has 5 nitrogen and oxygen atoms in total. The molecule has 2 atom stereocenters. The first kappa shape index (κ1) is 17.4. The molecule has 0 saturated carbocycles. The van der Waals surface area contributed by atoms with Crippen LogP contribution in [0.2, 0.25) is 0 Å². The predicted molar refractivity (Wildman–Crippen MR) is 93.6 cm³/mol. The van der Waals surface area contributed by atoms with E-state index >= 15 is 0 Å². The molecule has 0 fully saturated rings. The summed E-state index contributed by atoms with van der Waals surface area (Å²) in [5.74, 6) is -0.242. The van der Waals surface area contributed by atoms with Gasteiger partial charge in [-0.25, -0.2) is 4.68 Å². The van der Waals surface area contributed by atoms with Crippen LogP contribution >= 0.6 is 0 Å². The van der Waals surface area contributed by atoms with Crippen LogP contribution in [0.1, 0.15) is 34.2 Å². The van der Waals surface area contributed by atoms with Crippen LogP contribution in [0.15, 0.2) is 24.3 Å². The zero-order valence-corrected chi connectivity index (χ0v) is 15.0. The van der Waals surface area contributed by atoms with E-state index in [-0.39, 0.29) is 11.2 Å². The Morgan fingerprint density at radius 3 is 2.39 bits per heavy atom. The fraction of sp³-hybridized carbons (Fsp3) is 0.412. The highest BCUT2D eigenvalue weighted by atomic mass is 32.2. The number of aromatic nitrogens is 2. The number of rotatable bonds is 5. The second kappa shape index (κ2) is 7.08. The van der Waals surface area contributed by atoms with E-state index in [0.717, 1.165) is 22.5 Å². The summed E-state index contributed by atoms with van der Waals surface area (Å²) in [6.07, 6.45) is 1.63. The molecular formula is C17H23N3O2S. The van der Waals surface area contributed by atoms with Gasteiger partial charge in [0, 0.05) is 34.5 Å². The third-order valence-corrected chi connectivity index (χ3v) is 4.99. The number of nitrogens with one attached hydrogen (secondary N) is 1. The average molecular weight is 333 g/mol. The number of nitrogens with zero attached hydrogens (tertiary/aromatic N) is 2. The summed E-state index contributed by atoms with van der Waals surface area (Å²) >= 11 is 0. The number of carbonyl (C=O) groups excluding carboxylic acids is 1. The van der Waals surface area contributed by atoms with Gasteiger partial charge in [0.15, 0.2) is 5.69 Å². The molecule has 0 aliphatic rings. The van der Waals surface area contributed by atoms with Gasteiger partial charge in [-0.2, -0.15) is 5.10 Å². The molecule has 1 N–H and O–H groups in total. The number of carbonyl (C=O) groups is 1. The van der Waals surface area contributed by atoms with Crippen LogP contribution < -0.4 is 5.32 Å². The third-order valence-electron chi connectivity index (χ3n) is 3.69. The van der Waals surface area contributed by atoms with Gasteiger partial charge < -0.3 is 5.32 Å². The van der Waals surface area contributed by atoms with Crippen molar-refractivity contribution in [2.75, 3.05) is 12.8 Å². The van der Waals surface area contributed by atoms with Gasteiger partial charge in [0.25, 0.3) is 5.91 Å². The molecule has 0 bridgehead atoms. The SMILES string of the molecule is Cc1cc(C)cc(-n2nc(C(=O)NC[C@H](C)[S@@](C)=O)cc2C)c1. The van der Waals surface area contributed by atoms with E-state index in [0.29, 0.717) is 12.2 Å². The Kier molecular flexibility index (Phi) is 5.36. The first-order valence-electron chi connectivity index (χ1n) is 7.53. The van der Waals surface area contributed by atoms with Crippen molar-refractivity contribution in [1.29, 1.82) is 0 Å². The summed E-state index contributed by atoms with van der Waals surface area (Å²) in [5.41, 5.74) is 4.52. The summed E-state index contributed by atoms with van der Waals surface area (Å²) in [7, 11) is -0.958. The minimum atomic E-state index is -0.958. The lowest BCUT2D eigenvalue weighted by Crippen LogP contribution is -2.32. The van der Waals surface area contributed by atoms with Crippen LogP contribution in [0, 0.1) is 20.8 Å². The van der Waals surface area contributed by atoms with Gasteiger partial charge in [0.05, 0.1) is 5.69 Å². The Bertz CT molecular complexity index is 732. The van der Waals surface area contributed by atoms with Crippen molar-refractivity contribution in [3.8, 4) is 5.69 Å². The Morgan fingerprint density at radius 1 is 1.22 bits per heavy atom. The van der Waals surface area contributed by atoms with Crippen molar-refractivity contribution in [2.45, 2.75) is 32.9 Å². The number of hydrogen-bond acceptors (Lipinski definition) is 3. The van der Waals surface area contributed by atoms with E-state index < -0.39 is 10.8 Å². The standard InChI is InChI=1S/C17H23N3O2S/c1-11-6-12(2)8-15(7-11)20-13(3)9-16(19-20)17(21)18-10-14(4)23(5)22/h6-9,14H,10H2,1-5H3,(H,18,21)/t14-,23+/m0/s1. The zero-order valence-electron chi connectivity index (χ0n) is 14.2. The Balaban J connectivity index is 2.20. The van der Waals surface area contributed by atoms with E-state index in [4.69, 9.17) is 0 Å². The van der Waals surface area contributed by atoms with Gasteiger partial charge in [-0.05, 0) is 57.0 Å². The molecule has 0 saturated heterocycles. The Morgan fingerprint density at radius 2 is 1.83 bits per heavy atom. The number of benzene rings is 1. The molecule has 0 spiro atoms. The van der Waals surface area contributed by atoms with Crippen LogP contribution in [-0.2, 0) is 10.8 Å². The second-order valence-corrected chi connectivity index (χ2v) is 7.75. The summed E-state index contributed by atoms with van der Waals surface area (Å²) in [4.78, 5) is 12.2. The minimum Gasteiger partial charge on any atom is -0.349 e. The molecule has 0 unspecified atom stereocenters. The topological polar surface area (TPSA) is 64.0 Å². The fourth-order valence-corrected chi connectivity index (χ4v) is 2.68. The predicted octanol–water partition coefficient (Wildman–Crippen LogP) is 2.29. The number of amides is 1. The third kappa shape index (κ3) is 4.28. The molecule has 1 aromatic heterocycles. The van der Waals surface area contributed by atoms with Crippen molar-refractivity contribution < 1.29 is 9.00 Å². The molecule has 124 valence electrons. The number of hydrogen-bond donors (Lipinski definition) is 1. The molecule has 0 radical (unpaired) electrons. The Labute approximate surface area is 139 Å². The monoisotopic (exact) mass is 333 g/mol. The zero-order chi connectivity index (χ0) is 17.1. The van der Waals surface area contributed by atoms with E-state index in [1.807, 2.05) is 39.8 Å². The molecule has 0 aliphatic heterocycles. The average Bonchev–Trinajstić information content (AvgIpc) is 2.85. The maximum atomic E-state index is 12.2. The van der Waals surface area contributed by atoms with E-state index in [9.17, 15) is 9.00 Å². The van der Waals surface area contributed by atoms with Crippen molar-refractivity contribution in [3.05, 3.63) is 46.8 Å². The van der Waals surface area contributed by atoms with Gasteiger partial charge in [0.2, 0.25) is 0 Å². The normalized spacial score (nSPS) is 13.6. The first-order chi connectivity index (χ1) is 10.8. The fourth-order valence-electron chi connectivity index (χ4n) is 2.36. The van der Waals surface area contributed by atoms with Crippen molar-refractivity contribution >= 4 is 16.7 Å². The van der Waals surface area contributed by atoms with Crippen molar-refractivity contribution in [3.63, 3.8) is 0 Å². The largest absolute Gasteiger partial charge is 0.349 e. The molecule has 2 rings (SSSR count). The van der Waals surface area contributed by atoms with Crippen LogP contribution in [0.5, 0.6) is 0 Å². The second-order valence-electron chi connectivity index (χ2n) is 5.95. The van der Waals surface area contributed by atoms with Gasteiger partial charge in [-0.3, -0.25) is 9.00 Å². The molecule has 6 heteroatoms. The van der Waals surface area contributed by atoms with E-state index in [2.05, 4.69) is 16.5 Å². The summed E-state index contributed by atoms with van der Waals surface area (Å²) < 4.78 is 13.1. The maximum absolute atomic E-state index is 12.2. The lowest BCUT2D eigenvalue weighted by molar-refractivity contribution is 0.0948. The van der Waals surface area contributed by atoms with E-state index in [1.54, 1.807) is 17.0 Å². The highest BCUT2D eigenvalue weighted by Crippen LogP contribution is 2.16. The summed E-state index contributed by atoms with van der Waals surface area (Å²) in [6.45, 7) is 8.21. The maximum Gasteiger partial charge on any atom is 0.271 e. The first-order valence-corrected chi connectivity index (χ1v) is 9.16. The minimum absolute atomic E-state index is 0.0819. The molecule has 2 aromatic rings. The summed E-state index contributed by atoms with van der Waals surface area (Å²) in [5, 5.41) is 7.12. The van der Waals surface area contributed by atoms with Gasteiger partial charge >= 0.3 is 0 Å². The molecule has 0 aliphatic carbocycles. The van der Waals surface area contributed by atoms with Crippen LogP contribution in [0.4, 0.5) is 0 Å². The molecule has 23 heavy (non-hydrogen) atoms. The summed E-state index contributed by atoms with van der Waals surface area (Å²) in [6, 6.07) is 7.94. The van der Waals surface area contributed by atoms with E-state index in [1.165, 1.54) is 0 Å². The number of aryl methyl sites for hydroxylation is 3. The highest BCUT2D eigenvalue weighted by Gasteiger charge is 2.15.